The molecule has 0 fully saturated rings. The fourth-order valence-electron chi connectivity index (χ4n) is 2.52. The van der Waals surface area contributed by atoms with Gasteiger partial charge in [-0.25, -0.2) is 0 Å². The fourth-order valence-corrected chi connectivity index (χ4v) is 2.52. The number of carbonyl (C=O) groups excluding carboxylic acids is 2. The highest BCUT2D eigenvalue weighted by Crippen LogP contribution is 2.28. The number of rotatable bonds is 8. The predicted molar refractivity (Wildman–Crippen MR) is 111 cm³/mol. The average Bonchev–Trinajstić information content (AvgIpc) is 2.74. The monoisotopic (exact) mass is 398 g/mol. The first-order chi connectivity index (χ1) is 14.0. The van der Waals surface area contributed by atoms with E-state index in [4.69, 9.17) is 14.2 Å². The third-order valence-electron chi connectivity index (χ3n) is 3.99. The van der Waals surface area contributed by atoms with E-state index in [1.807, 2.05) is 32.0 Å². The summed E-state index contributed by atoms with van der Waals surface area (Å²) in [5.41, 5.74) is 6.86. The first kappa shape index (κ1) is 21.8. The molecule has 2 amide bonds. The number of hydrogen-bond donors (Lipinski definition) is 2. The van der Waals surface area contributed by atoms with Gasteiger partial charge in [0.05, 0.1) is 20.8 Å². The lowest BCUT2D eigenvalue weighted by Crippen LogP contribution is -2.40. The maximum Gasteiger partial charge on any atom is 0.269 e. The zero-order valence-corrected chi connectivity index (χ0v) is 17.1. The second kappa shape index (κ2) is 10.8. The molecule has 0 spiro atoms. The number of methoxy groups -OCH3 is 2. The molecule has 0 aromatic heterocycles. The SMILES string of the molecule is CCCOc1ccc(C(=O)NNC(=O)/C=C/c2cc(C)ccc2OC)cc1OC. The van der Waals surface area contributed by atoms with E-state index in [2.05, 4.69) is 10.9 Å². The molecule has 0 bridgehead atoms. The number of hydrogen-bond acceptors (Lipinski definition) is 5. The van der Waals surface area contributed by atoms with Crippen LogP contribution in [0.15, 0.2) is 42.5 Å². The van der Waals surface area contributed by atoms with Gasteiger partial charge in [-0.1, -0.05) is 18.6 Å². The Morgan fingerprint density at radius 3 is 2.38 bits per heavy atom. The molecule has 0 aliphatic heterocycles. The van der Waals surface area contributed by atoms with Crippen molar-refractivity contribution in [3.05, 3.63) is 59.2 Å². The van der Waals surface area contributed by atoms with E-state index in [0.717, 1.165) is 17.5 Å². The third-order valence-corrected chi connectivity index (χ3v) is 3.99. The molecule has 0 heterocycles. The normalized spacial score (nSPS) is 10.5. The Labute approximate surface area is 170 Å². The van der Waals surface area contributed by atoms with Gasteiger partial charge >= 0.3 is 0 Å². The summed E-state index contributed by atoms with van der Waals surface area (Å²) in [6, 6.07) is 10.5. The molecule has 0 aliphatic carbocycles. The van der Waals surface area contributed by atoms with Crippen LogP contribution in [0.4, 0.5) is 0 Å². The number of benzene rings is 2. The van der Waals surface area contributed by atoms with E-state index in [1.165, 1.54) is 13.2 Å². The van der Waals surface area contributed by atoms with E-state index in [9.17, 15) is 9.59 Å². The summed E-state index contributed by atoms with van der Waals surface area (Å²) >= 11 is 0. The van der Waals surface area contributed by atoms with Crippen LogP contribution in [-0.4, -0.2) is 32.6 Å². The molecule has 0 saturated heterocycles. The van der Waals surface area contributed by atoms with Gasteiger partial charge in [0, 0.05) is 17.2 Å². The van der Waals surface area contributed by atoms with Gasteiger partial charge in [0.2, 0.25) is 0 Å². The van der Waals surface area contributed by atoms with E-state index >= 15 is 0 Å². The molecule has 0 aliphatic rings. The number of nitrogens with one attached hydrogen (secondary N) is 2. The Bertz CT molecular complexity index is 893. The zero-order valence-electron chi connectivity index (χ0n) is 17.1. The molecular weight excluding hydrogens is 372 g/mol. The number of hydrazine groups is 1. The maximum absolute atomic E-state index is 12.3. The Balaban J connectivity index is 1.98. The van der Waals surface area contributed by atoms with Crippen molar-refractivity contribution in [2.75, 3.05) is 20.8 Å². The second-order valence-electron chi connectivity index (χ2n) is 6.24. The van der Waals surface area contributed by atoms with Crippen molar-refractivity contribution >= 4 is 17.9 Å². The molecule has 0 saturated carbocycles. The van der Waals surface area contributed by atoms with Crippen molar-refractivity contribution in [2.45, 2.75) is 20.3 Å². The van der Waals surface area contributed by atoms with Crippen molar-refractivity contribution in [3.8, 4) is 17.2 Å². The lowest BCUT2D eigenvalue weighted by Gasteiger charge is -2.12. The number of carbonyl (C=O) groups is 2. The lowest BCUT2D eigenvalue weighted by molar-refractivity contribution is -0.117. The summed E-state index contributed by atoms with van der Waals surface area (Å²) in [6.07, 6.45) is 3.80. The third kappa shape index (κ3) is 6.27. The first-order valence-corrected chi connectivity index (χ1v) is 9.22. The summed E-state index contributed by atoms with van der Waals surface area (Å²) in [5, 5.41) is 0. The summed E-state index contributed by atoms with van der Waals surface area (Å²) < 4.78 is 16.1. The quantitative estimate of drug-likeness (QED) is 0.527. The molecule has 0 unspecified atom stereocenters. The average molecular weight is 398 g/mol. The molecule has 29 heavy (non-hydrogen) atoms. The Morgan fingerprint density at radius 1 is 0.966 bits per heavy atom. The Morgan fingerprint density at radius 2 is 1.69 bits per heavy atom. The molecule has 7 heteroatoms. The summed E-state index contributed by atoms with van der Waals surface area (Å²) in [6.45, 7) is 4.50. The van der Waals surface area contributed by atoms with E-state index in [0.29, 0.717) is 29.4 Å². The van der Waals surface area contributed by atoms with Gasteiger partial charge in [-0.3, -0.25) is 20.4 Å². The smallest absolute Gasteiger partial charge is 0.269 e. The number of ether oxygens (including phenoxy) is 3. The number of aryl methyl sites for hydroxylation is 1. The predicted octanol–water partition coefficient (Wildman–Crippen LogP) is 3.28. The Hall–Kier alpha value is -3.48. The van der Waals surface area contributed by atoms with Crippen LogP contribution in [0, 0.1) is 6.92 Å². The minimum atomic E-state index is -0.475. The molecule has 2 aromatic rings. The van der Waals surface area contributed by atoms with Crippen molar-refractivity contribution in [3.63, 3.8) is 0 Å². The van der Waals surface area contributed by atoms with Gasteiger partial charge in [0.25, 0.3) is 11.8 Å². The zero-order chi connectivity index (χ0) is 21.2. The minimum absolute atomic E-state index is 0.329. The fraction of sp³-hybridized carbons (Fsp3) is 0.273. The molecule has 7 nitrogen and oxygen atoms in total. The first-order valence-electron chi connectivity index (χ1n) is 9.22. The molecule has 0 atom stereocenters. The van der Waals surface area contributed by atoms with Crippen LogP contribution in [0.5, 0.6) is 17.2 Å². The summed E-state index contributed by atoms with van der Waals surface area (Å²) in [7, 11) is 3.07. The van der Waals surface area contributed by atoms with Gasteiger partial charge < -0.3 is 14.2 Å². The topological polar surface area (TPSA) is 85.9 Å². The highest BCUT2D eigenvalue weighted by atomic mass is 16.5. The van der Waals surface area contributed by atoms with Crippen LogP contribution < -0.4 is 25.1 Å². The van der Waals surface area contributed by atoms with Gasteiger partial charge in [-0.05, 0) is 49.8 Å². The van der Waals surface area contributed by atoms with Gasteiger partial charge in [0.15, 0.2) is 11.5 Å². The van der Waals surface area contributed by atoms with Crippen LogP contribution in [0.1, 0.15) is 34.8 Å². The van der Waals surface area contributed by atoms with E-state index in [-0.39, 0.29) is 0 Å². The largest absolute Gasteiger partial charge is 0.496 e. The van der Waals surface area contributed by atoms with E-state index < -0.39 is 11.8 Å². The Kier molecular flexibility index (Phi) is 8.09. The maximum atomic E-state index is 12.3. The molecule has 2 N–H and O–H groups in total. The summed E-state index contributed by atoms with van der Waals surface area (Å²) in [5.74, 6) is 0.715. The second-order valence-corrected chi connectivity index (χ2v) is 6.24. The van der Waals surface area contributed by atoms with Gasteiger partial charge in [0.1, 0.15) is 5.75 Å². The molecule has 154 valence electrons. The van der Waals surface area contributed by atoms with Crippen molar-refractivity contribution in [1.29, 1.82) is 0 Å². The molecule has 2 aromatic carbocycles. The lowest BCUT2D eigenvalue weighted by atomic mass is 10.1. The van der Waals surface area contributed by atoms with E-state index in [1.54, 1.807) is 31.4 Å². The highest BCUT2D eigenvalue weighted by Gasteiger charge is 2.11. The number of amides is 2. The summed E-state index contributed by atoms with van der Waals surface area (Å²) in [4.78, 5) is 24.3. The van der Waals surface area contributed by atoms with Crippen molar-refractivity contribution in [2.24, 2.45) is 0 Å². The van der Waals surface area contributed by atoms with Crippen molar-refractivity contribution in [1.82, 2.24) is 10.9 Å². The highest BCUT2D eigenvalue weighted by molar-refractivity contribution is 5.98. The molecule has 2 rings (SSSR count). The molecular formula is C22H26N2O5. The van der Waals surface area contributed by atoms with Crippen LogP contribution in [0.2, 0.25) is 0 Å². The van der Waals surface area contributed by atoms with Gasteiger partial charge in [-0.15, -0.1) is 0 Å². The standard InChI is InChI=1S/C22H26N2O5/c1-5-12-29-19-10-7-17(14-20(19)28-4)22(26)24-23-21(25)11-8-16-13-15(2)6-9-18(16)27-3/h6-11,13-14H,5,12H2,1-4H3,(H,23,25)(H,24,26)/b11-8+. The van der Waals surface area contributed by atoms with Crippen LogP contribution in [-0.2, 0) is 4.79 Å². The van der Waals surface area contributed by atoms with Crippen molar-refractivity contribution < 1.29 is 23.8 Å². The molecule has 0 radical (unpaired) electrons. The van der Waals surface area contributed by atoms with Gasteiger partial charge in [-0.2, -0.15) is 0 Å². The minimum Gasteiger partial charge on any atom is -0.496 e. The van der Waals surface area contributed by atoms with Crippen LogP contribution in [0.3, 0.4) is 0 Å². The van der Waals surface area contributed by atoms with Crippen LogP contribution >= 0.6 is 0 Å². The van der Waals surface area contributed by atoms with Crippen LogP contribution in [0.25, 0.3) is 6.08 Å².